The molecule has 0 aliphatic heterocycles. The van der Waals surface area contributed by atoms with E-state index in [1.54, 1.807) is 30.3 Å². The molecular formula is C24H25N3O3S. The van der Waals surface area contributed by atoms with Gasteiger partial charge in [-0.15, -0.1) is 11.3 Å². The molecule has 0 aliphatic carbocycles. The maximum Gasteiger partial charge on any atom is 0.261 e. The molecule has 2 aromatic carbocycles. The van der Waals surface area contributed by atoms with Crippen LogP contribution < -0.4 is 16.0 Å². The van der Waals surface area contributed by atoms with Crippen molar-refractivity contribution >= 4 is 34.7 Å². The van der Waals surface area contributed by atoms with Crippen molar-refractivity contribution in [3.63, 3.8) is 0 Å². The van der Waals surface area contributed by atoms with Crippen LogP contribution in [0.2, 0.25) is 0 Å². The maximum atomic E-state index is 12.8. The van der Waals surface area contributed by atoms with Crippen LogP contribution in [-0.4, -0.2) is 24.3 Å². The highest BCUT2D eigenvalue weighted by atomic mass is 32.1. The molecule has 160 valence electrons. The van der Waals surface area contributed by atoms with Crippen molar-refractivity contribution in [2.45, 2.75) is 25.8 Å². The van der Waals surface area contributed by atoms with Gasteiger partial charge >= 0.3 is 0 Å². The Morgan fingerprint density at radius 1 is 0.903 bits per heavy atom. The van der Waals surface area contributed by atoms with Crippen molar-refractivity contribution in [2.75, 3.05) is 11.9 Å². The number of hydrogen-bond acceptors (Lipinski definition) is 4. The number of thiophene rings is 1. The van der Waals surface area contributed by atoms with Gasteiger partial charge in [0.1, 0.15) is 0 Å². The third-order valence-electron chi connectivity index (χ3n) is 4.70. The van der Waals surface area contributed by atoms with Gasteiger partial charge in [-0.1, -0.05) is 48.5 Å². The average molecular weight is 436 g/mol. The summed E-state index contributed by atoms with van der Waals surface area (Å²) in [5, 5.41) is 10.4. The van der Waals surface area contributed by atoms with Crippen molar-refractivity contribution in [1.82, 2.24) is 10.6 Å². The fourth-order valence-electron chi connectivity index (χ4n) is 3.05. The Morgan fingerprint density at radius 3 is 2.39 bits per heavy atom. The number of para-hydroxylation sites is 1. The molecule has 3 rings (SSSR count). The molecule has 0 fully saturated rings. The molecule has 3 amide bonds. The molecule has 0 bridgehead atoms. The summed E-state index contributed by atoms with van der Waals surface area (Å²) >= 11 is 1.37. The van der Waals surface area contributed by atoms with Crippen molar-refractivity contribution < 1.29 is 14.4 Å². The summed E-state index contributed by atoms with van der Waals surface area (Å²) < 4.78 is 0. The standard InChI is InChI=1S/C24H25N3O3S/c1-17(18-9-3-2-4-10-18)26-23(29)19-11-5-6-12-20(19)27-22(28)14-7-15-25-24(30)21-13-8-16-31-21/h2-6,8-13,16-17H,7,14-15H2,1H3,(H,25,30)(H,26,29)(H,27,28). The van der Waals surface area contributed by atoms with Gasteiger partial charge in [-0.25, -0.2) is 0 Å². The second kappa shape index (κ2) is 11.1. The molecule has 1 heterocycles. The normalized spacial score (nSPS) is 11.4. The molecule has 31 heavy (non-hydrogen) atoms. The molecule has 1 aromatic heterocycles. The molecule has 1 unspecified atom stereocenters. The van der Waals surface area contributed by atoms with E-state index in [2.05, 4.69) is 16.0 Å². The fraction of sp³-hybridized carbons (Fsp3) is 0.208. The maximum absolute atomic E-state index is 12.8. The third-order valence-corrected chi connectivity index (χ3v) is 5.57. The van der Waals surface area contributed by atoms with Gasteiger partial charge in [0, 0.05) is 13.0 Å². The van der Waals surface area contributed by atoms with Gasteiger partial charge in [0.15, 0.2) is 0 Å². The summed E-state index contributed by atoms with van der Waals surface area (Å²) in [6.07, 6.45) is 0.740. The number of carbonyl (C=O) groups excluding carboxylic acids is 3. The Labute approximate surface area is 185 Å². The van der Waals surface area contributed by atoms with Gasteiger partial charge in [-0.05, 0) is 42.5 Å². The van der Waals surface area contributed by atoms with Crippen LogP contribution in [-0.2, 0) is 4.79 Å². The Morgan fingerprint density at radius 2 is 1.65 bits per heavy atom. The van der Waals surface area contributed by atoms with Crippen molar-refractivity contribution in [1.29, 1.82) is 0 Å². The van der Waals surface area contributed by atoms with Gasteiger partial charge < -0.3 is 16.0 Å². The van der Waals surface area contributed by atoms with E-state index in [0.29, 0.717) is 29.1 Å². The summed E-state index contributed by atoms with van der Waals surface area (Å²) in [6.45, 7) is 2.32. The van der Waals surface area contributed by atoms with Crippen LogP contribution in [0, 0.1) is 0 Å². The van der Waals surface area contributed by atoms with E-state index in [9.17, 15) is 14.4 Å². The van der Waals surface area contributed by atoms with Crippen LogP contribution in [0.5, 0.6) is 0 Å². The summed E-state index contributed by atoms with van der Waals surface area (Å²) in [7, 11) is 0. The minimum atomic E-state index is -0.254. The molecular weight excluding hydrogens is 410 g/mol. The predicted molar refractivity (Wildman–Crippen MR) is 123 cm³/mol. The lowest BCUT2D eigenvalue weighted by molar-refractivity contribution is -0.116. The highest BCUT2D eigenvalue weighted by Gasteiger charge is 2.16. The smallest absolute Gasteiger partial charge is 0.261 e. The van der Waals surface area contributed by atoms with E-state index in [1.165, 1.54) is 11.3 Å². The SMILES string of the molecule is CC(NC(=O)c1ccccc1NC(=O)CCCNC(=O)c1cccs1)c1ccccc1. The number of nitrogens with one attached hydrogen (secondary N) is 3. The van der Waals surface area contributed by atoms with Crippen LogP contribution in [0.25, 0.3) is 0 Å². The summed E-state index contributed by atoms with van der Waals surface area (Å²) in [6, 6.07) is 20.0. The van der Waals surface area contributed by atoms with Gasteiger partial charge in [-0.3, -0.25) is 14.4 Å². The van der Waals surface area contributed by atoms with Crippen LogP contribution in [0.1, 0.15) is 51.4 Å². The Kier molecular flexibility index (Phi) is 7.95. The predicted octanol–water partition coefficient (Wildman–Crippen LogP) is 4.39. The second-order valence-corrected chi connectivity index (χ2v) is 7.98. The first-order chi connectivity index (χ1) is 15.0. The molecule has 0 aliphatic rings. The van der Waals surface area contributed by atoms with Crippen LogP contribution >= 0.6 is 11.3 Å². The van der Waals surface area contributed by atoms with Gasteiger partial charge in [0.05, 0.1) is 22.2 Å². The van der Waals surface area contributed by atoms with E-state index < -0.39 is 0 Å². The van der Waals surface area contributed by atoms with Gasteiger partial charge in [0.25, 0.3) is 11.8 Å². The number of carbonyl (C=O) groups is 3. The molecule has 0 radical (unpaired) electrons. The number of rotatable bonds is 9. The lowest BCUT2D eigenvalue weighted by atomic mass is 10.1. The van der Waals surface area contributed by atoms with Crippen molar-refractivity contribution in [3.05, 3.63) is 88.1 Å². The number of benzene rings is 2. The highest BCUT2D eigenvalue weighted by Crippen LogP contribution is 2.18. The first-order valence-corrected chi connectivity index (χ1v) is 11.0. The second-order valence-electron chi connectivity index (χ2n) is 7.04. The zero-order valence-corrected chi connectivity index (χ0v) is 18.1. The number of hydrogen-bond donors (Lipinski definition) is 3. The number of anilines is 1. The van der Waals surface area contributed by atoms with E-state index in [-0.39, 0.29) is 30.2 Å². The monoisotopic (exact) mass is 435 g/mol. The topological polar surface area (TPSA) is 87.3 Å². The largest absolute Gasteiger partial charge is 0.351 e. The zero-order valence-electron chi connectivity index (χ0n) is 17.3. The Hall–Kier alpha value is -3.45. The molecule has 3 aromatic rings. The Bertz CT molecular complexity index is 1020. The molecule has 3 N–H and O–H groups in total. The van der Waals surface area contributed by atoms with Gasteiger partial charge in [0.2, 0.25) is 5.91 Å². The summed E-state index contributed by atoms with van der Waals surface area (Å²) in [4.78, 5) is 37.7. The van der Waals surface area contributed by atoms with Crippen LogP contribution in [0.4, 0.5) is 5.69 Å². The van der Waals surface area contributed by atoms with E-state index in [0.717, 1.165) is 5.56 Å². The molecule has 6 nitrogen and oxygen atoms in total. The molecule has 1 atom stereocenters. The Balaban J connectivity index is 1.50. The fourth-order valence-corrected chi connectivity index (χ4v) is 3.69. The average Bonchev–Trinajstić information content (AvgIpc) is 3.32. The highest BCUT2D eigenvalue weighted by molar-refractivity contribution is 7.12. The minimum Gasteiger partial charge on any atom is -0.351 e. The zero-order chi connectivity index (χ0) is 22.1. The summed E-state index contributed by atoms with van der Waals surface area (Å²) in [5.41, 5.74) is 1.87. The minimum absolute atomic E-state index is 0.134. The van der Waals surface area contributed by atoms with Crippen molar-refractivity contribution in [3.8, 4) is 0 Å². The van der Waals surface area contributed by atoms with Crippen molar-refractivity contribution in [2.24, 2.45) is 0 Å². The molecule has 7 heteroatoms. The summed E-state index contributed by atoms with van der Waals surface area (Å²) in [5.74, 6) is -0.595. The molecule has 0 spiro atoms. The molecule has 0 saturated heterocycles. The van der Waals surface area contributed by atoms with E-state index in [1.807, 2.05) is 48.7 Å². The molecule has 0 saturated carbocycles. The quantitative estimate of drug-likeness (QED) is 0.436. The van der Waals surface area contributed by atoms with Crippen LogP contribution in [0.15, 0.2) is 72.1 Å². The first-order valence-electron chi connectivity index (χ1n) is 10.1. The number of amides is 3. The van der Waals surface area contributed by atoms with Gasteiger partial charge in [-0.2, -0.15) is 0 Å². The third kappa shape index (κ3) is 6.52. The van der Waals surface area contributed by atoms with E-state index in [4.69, 9.17) is 0 Å². The van der Waals surface area contributed by atoms with E-state index >= 15 is 0 Å². The van der Waals surface area contributed by atoms with Crippen LogP contribution in [0.3, 0.4) is 0 Å². The lowest BCUT2D eigenvalue weighted by Crippen LogP contribution is -2.28. The lowest BCUT2D eigenvalue weighted by Gasteiger charge is -2.16. The first kappa shape index (κ1) is 22.2.